The van der Waals surface area contributed by atoms with E-state index in [2.05, 4.69) is 0 Å². The molecule has 29 heavy (non-hydrogen) atoms. The first kappa shape index (κ1) is 20.4. The van der Waals surface area contributed by atoms with Gasteiger partial charge in [-0.1, -0.05) is 36.4 Å². The molecule has 1 aliphatic rings. The number of aliphatic hydroxyl groups excluding tert-OH is 2. The number of hydrogen-bond acceptors (Lipinski definition) is 6. The number of ketones is 1. The van der Waals surface area contributed by atoms with Crippen LogP contribution >= 0.6 is 0 Å². The van der Waals surface area contributed by atoms with Crippen molar-refractivity contribution in [3.8, 4) is 11.5 Å². The maximum absolute atomic E-state index is 12.8. The number of β-amino-alcohol motifs (C(OH)–C–C–N with tert-alkyl or cyclic N) is 1. The van der Waals surface area contributed by atoms with Crippen molar-refractivity contribution >= 4 is 17.4 Å². The van der Waals surface area contributed by atoms with Crippen molar-refractivity contribution < 1.29 is 29.3 Å². The van der Waals surface area contributed by atoms with Crippen LogP contribution < -0.4 is 9.47 Å². The highest BCUT2D eigenvalue weighted by molar-refractivity contribution is 6.46. The number of benzene rings is 2. The Balaban J connectivity index is 2.21. The lowest BCUT2D eigenvalue weighted by Crippen LogP contribution is -2.35. The fraction of sp³-hybridized carbons (Fsp3) is 0.273. The van der Waals surface area contributed by atoms with Crippen LogP contribution in [0.2, 0.25) is 0 Å². The molecule has 0 radical (unpaired) electrons. The Morgan fingerprint density at radius 3 is 2.31 bits per heavy atom. The summed E-state index contributed by atoms with van der Waals surface area (Å²) in [5.74, 6) is -0.925. The van der Waals surface area contributed by atoms with E-state index in [1.807, 2.05) is 0 Å². The van der Waals surface area contributed by atoms with E-state index in [1.165, 1.54) is 26.0 Å². The van der Waals surface area contributed by atoms with E-state index >= 15 is 0 Å². The van der Waals surface area contributed by atoms with Crippen LogP contribution in [0.5, 0.6) is 11.5 Å². The van der Waals surface area contributed by atoms with Gasteiger partial charge in [-0.3, -0.25) is 9.59 Å². The third-order valence-electron chi connectivity index (χ3n) is 4.77. The number of likely N-dealkylation sites (tertiary alicyclic amines) is 1. The number of ether oxygens (including phenoxy) is 2. The molecule has 7 heteroatoms. The molecule has 0 bridgehead atoms. The number of aliphatic hydroxyl groups is 2. The average Bonchev–Trinajstić information content (AvgIpc) is 2.97. The van der Waals surface area contributed by atoms with Gasteiger partial charge in [-0.15, -0.1) is 0 Å². The van der Waals surface area contributed by atoms with Crippen LogP contribution in [0.4, 0.5) is 0 Å². The first-order valence-corrected chi connectivity index (χ1v) is 9.12. The van der Waals surface area contributed by atoms with E-state index in [0.29, 0.717) is 22.6 Å². The van der Waals surface area contributed by atoms with Gasteiger partial charge in [-0.2, -0.15) is 0 Å². The number of carbonyl (C=O) groups is 2. The summed E-state index contributed by atoms with van der Waals surface area (Å²) in [5, 5.41) is 20.8. The summed E-state index contributed by atoms with van der Waals surface area (Å²) < 4.78 is 10.6. The lowest BCUT2D eigenvalue weighted by atomic mass is 9.95. The van der Waals surface area contributed by atoms with Gasteiger partial charge in [-0.05, 0) is 24.6 Å². The van der Waals surface area contributed by atoms with Gasteiger partial charge < -0.3 is 24.6 Å². The Morgan fingerprint density at radius 1 is 1.07 bits per heavy atom. The van der Waals surface area contributed by atoms with Gasteiger partial charge in [0, 0.05) is 12.1 Å². The third-order valence-corrected chi connectivity index (χ3v) is 4.77. The molecular weight excluding hydrogens is 374 g/mol. The topological polar surface area (TPSA) is 96.3 Å². The molecule has 0 unspecified atom stereocenters. The molecule has 1 aliphatic heterocycles. The molecule has 7 nitrogen and oxygen atoms in total. The summed E-state index contributed by atoms with van der Waals surface area (Å²) in [7, 11) is 2.99. The van der Waals surface area contributed by atoms with E-state index < -0.39 is 23.8 Å². The number of hydrogen-bond donors (Lipinski definition) is 2. The molecule has 1 heterocycles. The van der Waals surface area contributed by atoms with E-state index in [0.717, 1.165) is 0 Å². The van der Waals surface area contributed by atoms with Gasteiger partial charge in [0.1, 0.15) is 5.76 Å². The minimum Gasteiger partial charge on any atom is -0.507 e. The maximum Gasteiger partial charge on any atom is 0.295 e. The minimum atomic E-state index is -0.871. The second kappa shape index (κ2) is 8.36. The summed E-state index contributed by atoms with van der Waals surface area (Å²) in [4.78, 5) is 26.8. The summed E-state index contributed by atoms with van der Waals surface area (Å²) in [5.41, 5.74) is 0.946. The third kappa shape index (κ3) is 3.82. The van der Waals surface area contributed by atoms with Crippen LogP contribution in [0.1, 0.15) is 24.1 Å². The zero-order chi connectivity index (χ0) is 21.1. The average molecular weight is 397 g/mol. The highest BCUT2D eigenvalue weighted by atomic mass is 16.5. The quantitative estimate of drug-likeness (QED) is 0.442. The Bertz CT molecular complexity index is 951. The van der Waals surface area contributed by atoms with Crippen LogP contribution in [0.15, 0.2) is 54.1 Å². The zero-order valence-electron chi connectivity index (χ0n) is 16.5. The predicted octanol–water partition coefficient (Wildman–Crippen LogP) is 2.51. The molecule has 152 valence electrons. The van der Waals surface area contributed by atoms with E-state index in [-0.39, 0.29) is 17.9 Å². The smallest absolute Gasteiger partial charge is 0.295 e. The number of amides is 1. The largest absolute Gasteiger partial charge is 0.507 e. The fourth-order valence-electron chi connectivity index (χ4n) is 3.47. The Kier molecular flexibility index (Phi) is 5.89. The molecule has 0 aromatic heterocycles. The van der Waals surface area contributed by atoms with Crippen molar-refractivity contribution in [1.82, 2.24) is 4.90 Å². The molecule has 0 spiro atoms. The molecule has 2 aromatic carbocycles. The first-order valence-electron chi connectivity index (χ1n) is 9.12. The summed E-state index contributed by atoms with van der Waals surface area (Å²) in [6.07, 6.45) is -0.854. The van der Waals surface area contributed by atoms with Gasteiger partial charge in [0.05, 0.1) is 31.9 Å². The number of carbonyl (C=O) groups excluding carboxylic acids is 2. The Labute approximate surface area is 168 Å². The van der Waals surface area contributed by atoms with Crippen molar-refractivity contribution in [1.29, 1.82) is 0 Å². The highest BCUT2D eigenvalue weighted by Gasteiger charge is 2.46. The van der Waals surface area contributed by atoms with Crippen LogP contribution in [-0.2, 0) is 9.59 Å². The van der Waals surface area contributed by atoms with Crippen molar-refractivity contribution in [2.45, 2.75) is 19.1 Å². The monoisotopic (exact) mass is 397 g/mol. The molecule has 1 amide bonds. The number of nitrogens with zero attached hydrogens (tertiary/aromatic N) is 1. The molecule has 2 aromatic rings. The molecule has 0 aliphatic carbocycles. The maximum atomic E-state index is 12.8. The van der Waals surface area contributed by atoms with Crippen molar-refractivity contribution in [3.63, 3.8) is 0 Å². The predicted molar refractivity (Wildman–Crippen MR) is 107 cm³/mol. The van der Waals surface area contributed by atoms with Crippen molar-refractivity contribution in [2.75, 3.05) is 20.8 Å². The van der Waals surface area contributed by atoms with Gasteiger partial charge in [0.2, 0.25) is 0 Å². The zero-order valence-corrected chi connectivity index (χ0v) is 16.5. The van der Waals surface area contributed by atoms with E-state index in [4.69, 9.17) is 9.47 Å². The molecule has 3 rings (SSSR count). The Hall–Kier alpha value is -3.32. The highest BCUT2D eigenvalue weighted by Crippen LogP contribution is 2.41. The van der Waals surface area contributed by atoms with Crippen molar-refractivity contribution in [2.24, 2.45) is 0 Å². The second-order valence-electron chi connectivity index (χ2n) is 6.78. The van der Waals surface area contributed by atoms with Crippen LogP contribution in [0.25, 0.3) is 5.76 Å². The molecular formula is C22H23NO6. The van der Waals surface area contributed by atoms with Gasteiger partial charge >= 0.3 is 0 Å². The second-order valence-corrected chi connectivity index (χ2v) is 6.78. The van der Waals surface area contributed by atoms with E-state index in [1.54, 1.807) is 48.5 Å². The van der Waals surface area contributed by atoms with Gasteiger partial charge in [0.25, 0.3) is 11.7 Å². The molecule has 2 atom stereocenters. The molecule has 1 fully saturated rings. The number of rotatable bonds is 6. The van der Waals surface area contributed by atoms with Crippen LogP contribution in [0.3, 0.4) is 0 Å². The normalized spacial score (nSPS) is 19.3. The molecule has 1 saturated heterocycles. The SMILES string of the molecule is COc1ccc([C@@H]2C(=C(O)c3ccccc3)C(=O)C(=O)N2C[C@@H](C)O)cc1OC. The summed E-state index contributed by atoms with van der Waals surface area (Å²) >= 11 is 0. The lowest BCUT2D eigenvalue weighted by molar-refractivity contribution is -0.140. The number of Topliss-reactive ketones (excluding diaryl/α,β-unsaturated/α-hetero) is 1. The van der Waals surface area contributed by atoms with Gasteiger partial charge in [-0.25, -0.2) is 0 Å². The lowest BCUT2D eigenvalue weighted by Gasteiger charge is -2.27. The minimum absolute atomic E-state index is 0.0333. The molecule has 0 saturated carbocycles. The standard InChI is InChI=1S/C22H23NO6/c1-13(24)12-23-19(15-9-10-16(28-2)17(11-15)29-3)18(21(26)22(23)27)20(25)14-7-5-4-6-8-14/h4-11,13,19,24-25H,12H2,1-3H3/t13-,19-/m1/s1. The first-order chi connectivity index (χ1) is 13.9. The Morgan fingerprint density at radius 2 is 1.72 bits per heavy atom. The summed E-state index contributed by atoms with van der Waals surface area (Å²) in [6, 6.07) is 12.7. The van der Waals surface area contributed by atoms with Crippen LogP contribution in [-0.4, -0.2) is 53.7 Å². The molecule has 2 N–H and O–H groups in total. The van der Waals surface area contributed by atoms with Gasteiger partial charge in [0.15, 0.2) is 11.5 Å². The van der Waals surface area contributed by atoms with Crippen molar-refractivity contribution in [3.05, 3.63) is 65.2 Å². The summed E-state index contributed by atoms with van der Waals surface area (Å²) in [6.45, 7) is 1.47. The fourth-order valence-corrected chi connectivity index (χ4v) is 3.47. The number of methoxy groups -OCH3 is 2. The van der Waals surface area contributed by atoms with Crippen LogP contribution in [0, 0.1) is 0 Å². The van der Waals surface area contributed by atoms with E-state index in [9.17, 15) is 19.8 Å².